The Morgan fingerprint density at radius 3 is 2.93 bits per heavy atom. The minimum Gasteiger partial charge on any atom is -0.355 e. The van der Waals surface area contributed by atoms with Crippen molar-refractivity contribution >= 4 is 11.7 Å². The lowest BCUT2D eigenvalue weighted by Gasteiger charge is -2.35. The summed E-state index contributed by atoms with van der Waals surface area (Å²) in [6.45, 7) is 4.55. The van der Waals surface area contributed by atoms with Crippen LogP contribution in [-0.2, 0) is 4.79 Å². The van der Waals surface area contributed by atoms with Crippen molar-refractivity contribution in [2.24, 2.45) is 5.92 Å². The van der Waals surface area contributed by atoms with Gasteiger partial charge in [0.15, 0.2) is 0 Å². The van der Waals surface area contributed by atoms with Crippen LogP contribution in [0.3, 0.4) is 0 Å². The van der Waals surface area contributed by atoms with Gasteiger partial charge < -0.3 is 14.3 Å². The molecule has 29 heavy (non-hydrogen) atoms. The minimum absolute atomic E-state index is 0.0104. The first kappa shape index (κ1) is 19.9. The second-order valence-electron chi connectivity index (χ2n) is 8.36. The number of carbonyl (C=O) groups is 1. The van der Waals surface area contributed by atoms with E-state index < -0.39 is 0 Å². The van der Waals surface area contributed by atoms with E-state index in [1.807, 2.05) is 24.1 Å². The van der Waals surface area contributed by atoms with Crippen LogP contribution in [-0.4, -0.2) is 52.6 Å². The molecule has 0 aromatic carbocycles. The van der Waals surface area contributed by atoms with Gasteiger partial charge in [-0.05, 0) is 44.2 Å². The highest BCUT2D eigenvalue weighted by molar-refractivity contribution is 5.80. The van der Waals surface area contributed by atoms with Gasteiger partial charge in [-0.15, -0.1) is 0 Å². The molecule has 1 atom stereocenters. The lowest BCUT2D eigenvalue weighted by Crippen LogP contribution is -2.44. The van der Waals surface area contributed by atoms with Gasteiger partial charge in [-0.2, -0.15) is 4.98 Å². The number of unbranched alkanes of at least 4 members (excludes halogenated alkanes) is 1. The molecule has 7 nitrogen and oxygen atoms in total. The largest absolute Gasteiger partial charge is 0.355 e. The Hall–Kier alpha value is -2.44. The van der Waals surface area contributed by atoms with E-state index in [1.54, 1.807) is 6.20 Å². The van der Waals surface area contributed by atoms with Crippen molar-refractivity contribution in [3.63, 3.8) is 0 Å². The number of hydrogen-bond acceptors (Lipinski definition) is 6. The zero-order valence-corrected chi connectivity index (χ0v) is 17.5. The molecule has 0 radical (unpaired) electrons. The van der Waals surface area contributed by atoms with Crippen LogP contribution in [0.25, 0.3) is 11.4 Å². The Kier molecular flexibility index (Phi) is 6.11. The van der Waals surface area contributed by atoms with Crippen LogP contribution >= 0.6 is 0 Å². The molecule has 0 spiro atoms. The van der Waals surface area contributed by atoms with Crippen molar-refractivity contribution in [2.75, 3.05) is 31.6 Å². The van der Waals surface area contributed by atoms with Crippen molar-refractivity contribution in [3.8, 4) is 11.4 Å². The van der Waals surface area contributed by atoms with E-state index in [2.05, 4.69) is 26.9 Å². The van der Waals surface area contributed by atoms with Crippen molar-refractivity contribution in [3.05, 3.63) is 24.2 Å². The van der Waals surface area contributed by atoms with E-state index in [9.17, 15) is 4.79 Å². The highest BCUT2D eigenvalue weighted by atomic mass is 16.5. The standard InChI is InChI=1S/C22H31N5O2/c1-3-4-13-26(2)22(28)17-10-7-14-27(15-17)20-18(11-6-12-23-20)19-24-21(29-25-19)16-8-5-9-16/h6,11-12,16-17H,3-5,7-10,13-15H2,1-2H3/t17-/m1/s1. The predicted octanol–water partition coefficient (Wildman–Crippen LogP) is 3.87. The summed E-state index contributed by atoms with van der Waals surface area (Å²) in [6, 6.07) is 3.90. The van der Waals surface area contributed by atoms with Gasteiger partial charge in [-0.1, -0.05) is 24.9 Å². The summed E-state index contributed by atoms with van der Waals surface area (Å²) in [6.07, 6.45) is 9.34. The summed E-state index contributed by atoms with van der Waals surface area (Å²) in [5.41, 5.74) is 0.884. The number of piperidine rings is 1. The molecule has 0 N–H and O–H groups in total. The monoisotopic (exact) mass is 397 g/mol. The number of aromatic nitrogens is 3. The van der Waals surface area contributed by atoms with Gasteiger partial charge in [0.2, 0.25) is 17.6 Å². The molecule has 2 aliphatic rings. The van der Waals surface area contributed by atoms with E-state index in [0.717, 1.165) is 68.9 Å². The third-order valence-electron chi connectivity index (χ3n) is 6.22. The summed E-state index contributed by atoms with van der Waals surface area (Å²) in [7, 11) is 1.92. The fraction of sp³-hybridized carbons (Fsp3) is 0.636. The van der Waals surface area contributed by atoms with Gasteiger partial charge in [-0.25, -0.2) is 4.98 Å². The normalized spacial score (nSPS) is 19.8. The number of nitrogens with zero attached hydrogens (tertiary/aromatic N) is 5. The highest BCUT2D eigenvalue weighted by Gasteiger charge is 2.31. The fourth-order valence-electron chi connectivity index (χ4n) is 4.18. The van der Waals surface area contributed by atoms with Crippen LogP contribution in [0.2, 0.25) is 0 Å². The molecule has 2 fully saturated rings. The molecule has 3 heterocycles. The van der Waals surface area contributed by atoms with Crippen molar-refractivity contribution < 1.29 is 9.32 Å². The van der Waals surface area contributed by atoms with Crippen LogP contribution in [0.4, 0.5) is 5.82 Å². The summed E-state index contributed by atoms with van der Waals surface area (Å²) in [5.74, 6) is 2.85. The molecular formula is C22H31N5O2. The van der Waals surface area contributed by atoms with Gasteiger partial charge >= 0.3 is 0 Å². The number of carbonyl (C=O) groups excluding carboxylic acids is 1. The first-order valence-electron chi connectivity index (χ1n) is 11.0. The first-order valence-corrected chi connectivity index (χ1v) is 11.0. The van der Waals surface area contributed by atoms with Crippen LogP contribution in [0.15, 0.2) is 22.9 Å². The third-order valence-corrected chi connectivity index (χ3v) is 6.22. The van der Waals surface area contributed by atoms with E-state index in [-0.39, 0.29) is 11.8 Å². The van der Waals surface area contributed by atoms with Crippen LogP contribution in [0.1, 0.15) is 63.7 Å². The fourth-order valence-corrected chi connectivity index (χ4v) is 4.18. The number of amides is 1. The average Bonchev–Trinajstić information content (AvgIpc) is 3.19. The van der Waals surface area contributed by atoms with E-state index in [0.29, 0.717) is 18.3 Å². The second-order valence-corrected chi connectivity index (χ2v) is 8.36. The molecule has 0 bridgehead atoms. The van der Waals surface area contributed by atoms with Gasteiger partial charge in [0, 0.05) is 38.8 Å². The summed E-state index contributed by atoms with van der Waals surface area (Å²) in [4.78, 5) is 26.3. The molecular weight excluding hydrogens is 366 g/mol. The molecule has 2 aromatic heterocycles. The molecule has 7 heteroatoms. The summed E-state index contributed by atoms with van der Waals surface area (Å²) in [5, 5.41) is 4.23. The van der Waals surface area contributed by atoms with Gasteiger partial charge in [0.05, 0.1) is 11.5 Å². The lowest BCUT2D eigenvalue weighted by molar-refractivity contribution is -0.134. The van der Waals surface area contributed by atoms with Crippen molar-refractivity contribution in [1.29, 1.82) is 0 Å². The van der Waals surface area contributed by atoms with Crippen LogP contribution < -0.4 is 4.90 Å². The predicted molar refractivity (Wildman–Crippen MR) is 112 cm³/mol. The van der Waals surface area contributed by atoms with E-state index in [1.165, 1.54) is 6.42 Å². The Bertz CT molecular complexity index is 832. The Morgan fingerprint density at radius 1 is 1.31 bits per heavy atom. The molecule has 156 valence electrons. The molecule has 1 aliphatic carbocycles. The zero-order valence-electron chi connectivity index (χ0n) is 17.5. The van der Waals surface area contributed by atoms with Crippen molar-refractivity contribution in [1.82, 2.24) is 20.0 Å². The minimum atomic E-state index is 0.0104. The molecule has 1 saturated heterocycles. The zero-order chi connectivity index (χ0) is 20.2. The van der Waals surface area contributed by atoms with E-state index >= 15 is 0 Å². The Labute approximate surface area is 172 Å². The smallest absolute Gasteiger partial charge is 0.230 e. The molecule has 1 amide bonds. The molecule has 1 aliphatic heterocycles. The number of hydrogen-bond donors (Lipinski definition) is 0. The second kappa shape index (κ2) is 8.93. The number of rotatable bonds is 7. The lowest BCUT2D eigenvalue weighted by atomic mass is 9.85. The molecule has 2 aromatic rings. The third kappa shape index (κ3) is 4.28. The summed E-state index contributed by atoms with van der Waals surface area (Å²) >= 11 is 0. The van der Waals surface area contributed by atoms with Gasteiger partial charge in [0.1, 0.15) is 5.82 Å². The highest BCUT2D eigenvalue weighted by Crippen LogP contribution is 2.37. The Morgan fingerprint density at radius 2 is 2.17 bits per heavy atom. The first-order chi connectivity index (χ1) is 14.2. The average molecular weight is 398 g/mol. The summed E-state index contributed by atoms with van der Waals surface area (Å²) < 4.78 is 5.53. The maximum absolute atomic E-state index is 12.9. The maximum Gasteiger partial charge on any atom is 0.230 e. The van der Waals surface area contributed by atoms with E-state index in [4.69, 9.17) is 4.52 Å². The topological polar surface area (TPSA) is 75.4 Å². The van der Waals surface area contributed by atoms with Gasteiger partial charge in [-0.3, -0.25) is 4.79 Å². The van der Waals surface area contributed by atoms with Crippen LogP contribution in [0.5, 0.6) is 0 Å². The SMILES string of the molecule is CCCCN(C)C(=O)[C@@H]1CCCN(c2ncccc2-c2noc(C3CCC3)n2)C1. The number of anilines is 1. The van der Waals surface area contributed by atoms with Crippen LogP contribution in [0, 0.1) is 5.92 Å². The number of pyridine rings is 1. The molecule has 0 unspecified atom stereocenters. The maximum atomic E-state index is 12.9. The molecule has 1 saturated carbocycles. The van der Waals surface area contributed by atoms with Crippen molar-refractivity contribution in [2.45, 2.75) is 57.8 Å². The Balaban J connectivity index is 1.51. The van der Waals surface area contributed by atoms with Gasteiger partial charge in [0.25, 0.3) is 0 Å². The molecule has 4 rings (SSSR count). The quantitative estimate of drug-likeness (QED) is 0.706.